The van der Waals surface area contributed by atoms with E-state index in [1.165, 1.54) is 16.9 Å². The molecule has 0 fully saturated rings. The van der Waals surface area contributed by atoms with Crippen molar-refractivity contribution in [2.24, 2.45) is 5.92 Å². The minimum Gasteiger partial charge on any atom is -0.310 e. The fourth-order valence-electron chi connectivity index (χ4n) is 2.34. The molecule has 3 heteroatoms. The molecule has 1 aliphatic heterocycles. The highest BCUT2D eigenvalue weighted by Crippen LogP contribution is 2.46. The van der Waals surface area contributed by atoms with Crippen molar-refractivity contribution >= 4 is 23.4 Å². The number of benzene rings is 1. The van der Waals surface area contributed by atoms with E-state index in [-0.39, 0.29) is 0 Å². The molecule has 0 aliphatic carbocycles. The number of thioether (sulfide) groups is 1. The molecule has 0 radical (unpaired) electrons. The lowest BCUT2D eigenvalue weighted by atomic mass is 9.91. The second-order valence-corrected chi connectivity index (χ2v) is 6.57. The summed E-state index contributed by atoms with van der Waals surface area (Å²) in [7, 11) is 0. The Hall–Kier alpha value is -0.180. The van der Waals surface area contributed by atoms with Crippen LogP contribution in [0.5, 0.6) is 0 Å². The average Bonchev–Trinajstić information content (AvgIpc) is 2.31. The van der Waals surface area contributed by atoms with Gasteiger partial charge in [0, 0.05) is 16.2 Å². The van der Waals surface area contributed by atoms with Gasteiger partial charge < -0.3 is 5.32 Å². The van der Waals surface area contributed by atoms with Gasteiger partial charge in [0.15, 0.2) is 0 Å². The Kier molecular flexibility index (Phi) is 4.40. The molecule has 1 nitrogen and oxygen atoms in total. The Morgan fingerprint density at radius 1 is 1.35 bits per heavy atom. The summed E-state index contributed by atoms with van der Waals surface area (Å²) >= 11 is 8.22. The predicted octanol–water partition coefficient (Wildman–Crippen LogP) is 4.51. The van der Waals surface area contributed by atoms with Gasteiger partial charge in [0.1, 0.15) is 0 Å². The van der Waals surface area contributed by atoms with Crippen molar-refractivity contribution in [2.45, 2.75) is 43.4 Å². The Balaban J connectivity index is 2.35. The molecule has 1 aromatic rings. The zero-order valence-electron chi connectivity index (χ0n) is 10.7. The summed E-state index contributed by atoms with van der Waals surface area (Å²) in [5.74, 6) is 0.637. The fraction of sp³-hybridized carbons (Fsp3) is 0.571. The molecule has 3 unspecified atom stereocenters. The van der Waals surface area contributed by atoms with Crippen LogP contribution in [0.4, 0.5) is 0 Å². The Labute approximate surface area is 113 Å². The zero-order valence-corrected chi connectivity index (χ0v) is 12.2. The Morgan fingerprint density at radius 3 is 2.82 bits per heavy atom. The molecule has 2 rings (SSSR count). The van der Waals surface area contributed by atoms with Crippen LogP contribution in [0.1, 0.15) is 38.8 Å². The van der Waals surface area contributed by atoms with E-state index in [0.717, 1.165) is 11.6 Å². The van der Waals surface area contributed by atoms with Crippen LogP contribution in [-0.4, -0.2) is 11.8 Å². The van der Waals surface area contributed by atoms with Crippen molar-refractivity contribution in [2.75, 3.05) is 6.54 Å². The summed E-state index contributed by atoms with van der Waals surface area (Å²) in [4.78, 5) is 1.27. The highest BCUT2D eigenvalue weighted by atomic mass is 35.5. The average molecular weight is 270 g/mol. The first-order valence-corrected chi connectivity index (χ1v) is 7.59. The van der Waals surface area contributed by atoms with Crippen molar-refractivity contribution in [1.29, 1.82) is 0 Å². The lowest BCUT2D eigenvalue weighted by molar-refractivity contribution is 0.373. The fourth-order valence-corrected chi connectivity index (χ4v) is 3.91. The lowest BCUT2D eigenvalue weighted by Gasteiger charge is -2.36. The van der Waals surface area contributed by atoms with Crippen molar-refractivity contribution in [1.82, 2.24) is 5.32 Å². The van der Waals surface area contributed by atoms with Gasteiger partial charge in [-0.25, -0.2) is 0 Å². The molecule has 0 spiro atoms. The van der Waals surface area contributed by atoms with Crippen LogP contribution in [0.2, 0.25) is 5.02 Å². The highest BCUT2D eigenvalue weighted by molar-refractivity contribution is 8.00. The van der Waals surface area contributed by atoms with E-state index in [9.17, 15) is 0 Å². The summed E-state index contributed by atoms with van der Waals surface area (Å²) in [6, 6.07) is 6.71. The first kappa shape index (κ1) is 13.3. The SMILES string of the molecule is CCCNC1c2cccc(Cl)c2SC(C)C1C. The summed E-state index contributed by atoms with van der Waals surface area (Å²) in [5, 5.41) is 5.17. The molecule has 17 heavy (non-hydrogen) atoms. The van der Waals surface area contributed by atoms with Gasteiger partial charge in [0.2, 0.25) is 0 Å². The minimum atomic E-state index is 0.444. The first-order valence-electron chi connectivity index (χ1n) is 6.33. The lowest BCUT2D eigenvalue weighted by Crippen LogP contribution is -2.35. The maximum absolute atomic E-state index is 6.31. The minimum absolute atomic E-state index is 0.444. The van der Waals surface area contributed by atoms with E-state index in [2.05, 4.69) is 38.2 Å². The summed E-state index contributed by atoms with van der Waals surface area (Å²) < 4.78 is 0. The molecule has 1 aliphatic rings. The van der Waals surface area contributed by atoms with Gasteiger partial charge in [-0.2, -0.15) is 0 Å². The predicted molar refractivity (Wildman–Crippen MR) is 77.0 cm³/mol. The van der Waals surface area contributed by atoms with Crippen molar-refractivity contribution in [3.8, 4) is 0 Å². The van der Waals surface area contributed by atoms with Gasteiger partial charge in [-0.15, -0.1) is 11.8 Å². The van der Waals surface area contributed by atoms with Crippen molar-refractivity contribution in [3.05, 3.63) is 28.8 Å². The molecule has 0 aromatic heterocycles. The van der Waals surface area contributed by atoms with E-state index in [1.807, 2.05) is 17.8 Å². The molecule has 0 saturated heterocycles. The maximum Gasteiger partial charge on any atom is 0.0545 e. The van der Waals surface area contributed by atoms with Crippen molar-refractivity contribution < 1.29 is 0 Å². The summed E-state index contributed by atoms with van der Waals surface area (Å²) in [6.07, 6.45) is 1.17. The standard InChI is InChI=1S/C14H20ClNS/c1-4-8-16-13-9(2)10(3)17-14-11(13)6-5-7-12(14)15/h5-7,9-10,13,16H,4,8H2,1-3H3. The van der Waals surface area contributed by atoms with Gasteiger partial charge in [-0.3, -0.25) is 0 Å². The summed E-state index contributed by atoms with van der Waals surface area (Å²) in [6.45, 7) is 7.90. The zero-order chi connectivity index (χ0) is 12.4. The largest absolute Gasteiger partial charge is 0.310 e. The maximum atomic E-state index is 6.31. The second kappa shape index (κ2) is 5.64. The molecular weight excluding hydrogens is 250 g/mol. The van der Waals surface area contributed by atoms with Gasteiger partial charge >= 0.3 is 0 Å². The van der Waals surface area contributed by atoms with Crippen LogP contribution in [0.25, 0.3) is 0 Å². The van der Waals surface area contributed by atoms with Gasteiger partial charge in [-0.1, -0.05) is 44.5 Å². The van der Waals surface area contributed by atoms with Crippen LogP contribution in [0.15, 0.2) is 23.1 Å². The number of halogens is 1. The summed E-state index contributed by atoms with van der Waals surface area (Å²) in [5.41, 5.74) is 1.38. The second-order valence-electron chi connectivity index (χ2n) is 4.77. The molecule has 0 bridgehead atoms. The normalized spacial score (nSPS) is 27.9. The number of fused-ring (bicyclic) bond motifs is 1. The number of hydrogen-bond acceptors (Lipinski definition) is 2. The third-order valence-corrected chi connectivity index (χ3v) is 5.44. The molecule has 1 N–H and O–H groups in total. The number of nitrogens with one attached hydrogen (secondary N) is 1. The number of rotatable bonds is 3. The van der Waals surface area contributed by atoms with Crippen LogP contribution < -0.4 is 5.32 Å². The Bertz CT molecular complexity index is 394. The van der Waals surface area contributed by atoms with Gasteiger partial charge in [0.25, 0.3) is 0 Å². The van der Waals surface area contributed by atoms with Crippen LogP contribution in [0.3, 0.4) is 0 Å². The molecule has 0 saturated carbocycles. The van der Waals surface area contributed by atoms with E-state index in [0.29, 0.717) is 17.2 Å². The van der Waals surface area contributed by atoms with E-state index in [4.69, 9.17) is 11.6 Å². The van der Waals surface area contributed by atoms with E-state index in [1.54, 1.807) is 0 Å². The van der Waals surface area contributed by atoms with E-state index < -0.39 is 0 Å². The topological polar surface area (TPSA) is 12.0 Å². The van der Waals surface area contributed by atoms with Gasteiger partial charge in [-0.05, 0) is 30.5 Å². The molecular formula is C14H20ClNS. The molecule has 3 atom stereocenters. The molecule has 94 valence electrons. The molecule has 1 heterocycles. The van der Waals surface area contributed by atoms with Crippen LogP contribution in [-0.2, 0) is 0 Å². The first-order chi connectivity index (χ1) is 8.15. The highest BCUT2D eigenvalue weighted by Gasteiger charge is 2.32. The third kappa shape index (κ3) is 2.64. The Morgan fingerprint density at radius 2 is 2.12 bits per heavy atom. The monoisotopic (exact) mass is 269 g/mol. The van der Waals surface area contributed by atoms with Crippen LogP contribution in [0, 0.1) is 5.92 Å². The number of hydrogen-bond donors (Lipinski definition) is 1. The smallest absolute Gasteiger partial charge is 0.0545 e. The van der Waals surface area contributed by atoms with Crippen molar-refractivity contribution in [3.63, 3.8) is 0 Å². The molecule has 0 amide bonds. The van der Waals surface area contributed by atoms with Gasteiger partial charge in [0.05, 0.1) is 5.02 Å². The molecule has 1 aromatic carbocycles. The van der Waals surface area contributed by atoms with Crippen LogP contribution >= 0.6 is 23.4 Å². The quantitative estimate of drug-likeness (QED) is 0.866. The van der Waals surface area contributed by atoms with E-state index >= 15 is 0 Å². The third-order valence-electron chi connectivity index (χ3n) is 3.52.